The molecular weight excluding hydrogens is 556 g/mol. The van der Waals surface area contributed by atoms with E-state index in [0.717, 1.165) is 61.4 Å². The minimum absolute atomic E-state index is 0.0433. The van der Waals surface area contributed by atoms with Gasteiger partial charge in [0.2, 0.25) is 0 Å². The number of nitrogens with zero attached hydrogens (tertiary/aromatic N) is 6. The van der Waals surface area contributed by atoms with Crippen LogP contribution in [0.4, 0.5) is 23.0 Å². The summed E-state index contributed by atoms with van der Waals surface area (Å²) >= 11 is 0. The van der Waals surface area contributed by atoms with Crippen molar-refractivity contribution in [1.82, 2.24) is 29.7 Å². The fourth-order valence-corrected chi connectivity index (χ4v) is 6.62. The van der Waals surface area contributed by atoms with Gasteiger partial charge in [-0.3, -0.25) is 14.7 Å². The van der Waals surface area contributed by atoms with E-state index in [9.17, 15) is 9.90 Å². The Balaban J connectivity index is 1.11. The number of amides is 1. The number of aliphatic hydroxyl groups excluding tert-OH is 1. The van der Waals surface area contributed by atoms with Crippen molar-refractivity contribution in [3.05, 3.63) is 54.6 Å². The molecule has 3 aliphatic rings. The summed E-state index contributed by atoms with van der Waals surface area (Å²) in [4.78, 5) is 37.3. The first-order chi connectivity index (χ1) is 21.4. The van der Waals surface area contributed by atoms with E-state index in [4.69, 9.17) is 15.7 Å². The van der Waals surface area contributed by atoms with E-state index in [2.05, 4.69) is 54.5 Å². The first-order valence-electron chi connectivity index (χ1n) is 15.5. The lowest BCUT2D eigenvalue weighted by Gasteiger charge is -2.42. The molecule has 1 aliphatic carbocycles. The molecule has 6 N–H and O–H groups in total. The average molecular weight is 597 g/mol. The van der Waals surface area contributed by atoms with E-state index in [1.807, 2.05) is 24.4 Å². The predicted molar refractivity (Wildman–Crippen MR) is 172 cm³/mol. The lowest BCUT2D eigenvalue weighted by molar-refractivity contribution is 0.0835. The number of aromatic nitrogens is 4. The second kappa shape index (κ2) is 12.0. The molecule has 1 saturated carbocycles. The molecule has 3 aromatic heterocycles. The number of carbonyl (C=O) groups is 1. The number of piperidine rings is 1. The Morgan fingerprint density at radius 1 is 0.977 bits per heavy atom. The number of pyridine rings is 1. The Labute approximate surface area is 256 Å². The summed E-state index contributed by atoms with van der Waals surface area (Å²) in [7, 11) is 2.20. The summed E-state index contributed by atoms with van der Waals surface area (Å²) in [5.41, 5.74) is 9.91. The zero-order valence-electron chi connectivity index (χ0n) is 25.0. The number of aliphatic hydroxyl groups is 1. The summed E-state index contributed by atoms with van der Waals surface area (Å²) in [5, 5.41) is 17.5. The van der Waals surface area contributed by atoms with Crippen LogP contribution in [0.1, 0.15) is 36.2 Å². The molecule has 5 heterocycles. The molecule has 1 amide bonds. The fourth-order valence-electron chi connectivity index (χ4n) is 6.62. The van der Waals surface area contributed by atoms with E-state index in [0.29, 0.717) is 30.4 Å². The third kappa shape index (κ3) is 5.80. The van der Waals surface area contributed by atoms with Crippen LogP contribution in [0.25, 0.3) is 22.2 Å². The molecule has 0 radical (unpaired) electrons. The number of nitrogens with two attached hydrogens (primary N) is 1. The SMILES string of the molecule is CN1CCN(C2CCN(c3ccc(Nc4nc(N[C@H]5C[C@H](O)C5)c(-c5cncc6[nH]ccc56)nc4C(N)=O)cc3)CC2)CC1. The number of H-pyrrole nitrogens is 1. The van der Waals surface area contributed by atoms with Crippen LogP contribution in [0.2, 0.25) is 0 Å². The first-order valence-corrected chi connectivity index (χ1v) is 15.5. The summed E-state index contributed by atoms with van der Waals surface area (Å²) in [6.07, 6.45) is 8.53. The third-order valence-electron chi connectivity index (χ3n) is 9.33. The third-order valence-corrected chi connectivity index (χ3v) is 9.33. The number of carbonyl (C=O) groups excluding carboxylic acids is 1. The molecular formula is C32H40N10O2. The second-order valence-electron chi connectivity index (χ2n) is 12.3. The number of anilines is 4. The number of fused-ring (bicyclic) bond motifs is 1. The van der Waals surface area contributed by atoms with Gasteiger partial charge in [0.15, 0.2) is 17.3 Å². The Kier molecular flexibility index (Phi) is 7.79. The van der Waals surface area contributed by atoms with Crippen molar-refractivity contribution in [1.29, 1.82) is 0 Å². The smallest absolute Gasteiger partial charge is 0.271 e. The molecule has 7 rings (SSSR count). The molecule has 230 valence electrons. The Morgan fingerprint density at radius 3 is 2.43 bits per heavy atom. The maximum Gasteiger partial charge on any atom is 0.271 e. The molecule has 2 saturated heterocycles. The van der Waals surface area contributed by atoms with Gasteiger partial charge in [-0.25, -0.2) is 9.97 Å². The van der Waals surface area contributed by atoms with Crippen molar-refractivity contribution >= 4 is 39.8 Å². The standard InChI is InChI=1S/C32H40N10O2/c1-40-12-14-42(15-13-40)23-7-10-41(11-8-23)22-4-2-20(3-5-22)36-32-29(30(33)44)38-28(31(39-32)37-21-16-24(43)17-21)26-18-34-19-27-25(26)6-9-35-27/h2-6,9,18-19,21,23-24,35,43H,7-8,10-17H2,1H3,(H2,33,44)(H2,36,37,39)/t21-,24-. The quantitative estimate of drug-likeness (QED) is 0.205. The molecule has 12 heteroatoms. The van der Waals surface area contributed by atoms with Crippen molar-refractivity contribution in [2.75, 3.05) is 61.8 Å². The lowest BCUT2D eigenvalue weighted by atomic mass is 9.89. The second-order valence-corrected chi connectivity index (χ2v) is 12.3. The number of aromatic amines is 1. The van der Waals surface area contributed by atoms with E-state index in [-0.39, 0.29) is 23.7 Å². The fraction of sp³-hybridized carbons (Fsp3) is 0.438. The van der Waals surface area contributed by atoms with E-state index < -0.39 is 5.91 Å². The van der Waals surface area contributed by atoms with Crippen molar-refractivity contribution in [3.8, 4) is 11.3 Å². The minimum Gasteiger partial charge on any atom is -0.393 e. The monoisotopic (exact) mass is 596 g/mol. The molecule has 0 unspecified atom stereocenters. The Hall–Kier alpha value is -4.26. The molecule has 4 aromatic rings. The Morgan fingerprint density at radius 2 is 1.73 bits per heavy atom. The highest BCUT2D eigenvalue weighted by Crippen LogP contribution is 2.35. The van der Waals surface area contributed by atoms with Crippen LogP contribution in [0, 0.1) is 0 Å². The number of hydrogen-bond acceptors (Lipinski definition) is 10. The number of primary amides is 1. The van der Waals surface area contributed by atoms with Crippen molar-refractivity contribution < 1.29 is 9.90 Å². The zero-order valence-corrected chi connectivity index (χ0v) is 25.0. The predicted octanol–water partition coefficient (Wildman–Crippen LogP) is 3.01. The van der Waals surface area contributed by atoms with Gasteiger partial charge in [-0.15, -0.1) is 0 Å². The minimum atomic E-state index is -0.680. The molecule has 0 bridgehead atoms. The topological polar surface area (TPSA) is 152 Å². The number of rotatable bonds is 8. The van der Waals surface area contributed by atoms with Gasteiger partial charge in [-0.2, -0.15) is 0 Å². The number of benzene rings is 1. The van der Waals surface area contributed by atoms with Crippen molar-refractivity contribution in [3.63, 3.8) is 0 Å². The number of piperazine rings is 1. The van der Waals surface area contributed by atoms with Gasteiger partial charge in [0.25, 0.3) is 5.91 Å². The molecule has 44 heavy (non-hydrogen) atoms. The van der Waals surface area contributed by atoms with Crippen molar-refractivity contribution in [2.45, 2.75) is 43.9 Å². The Bertz CT molecular complexity index is 1620. The number of likely N-dealkylation sites (N-methyl/N-ethyl adjacent to an activating group) is 1. The van der Waals surface area contributed by atoms with Crippen LogP contribution in [-0.4, -0.2) is 105 Å². The summed E-state index contributed by atoms with van der Waals surface area (Å²) in [6.45, 7) is 6.71. The van der Waals surface area contributed by atoms with Crippen LogP contribution >= 0.6 is 0 Å². The largest absolute Gasteiger partial charge is 0.393 e. The highest BCUT2D eigenvalue weighted by atomic mass is 16.3. The van der Waals surface area contributed by atoms with Crippen LogP contribution in [0.3, 0.4) is 0 Å². The number of hydrogen-bond donors (Lipinski definition) is 5. The van der Waals surface area contributed by atoms with Gasteiger partial charge in [0.1, 0.15) is 5.69 Å². The summed E-state index contributed by atoms with van der Waals surface area (Å²) in [6, 6.07) is 10.9. The molecule has 3 fully saturated rings. The molecule has 12 nitrogen and oxygen atoms in total. The van der Waals surface area contributed by atoms with Gasteiger partial charge in [0.05, 0.1) is 17.8 Å². The van der Waals surface area contributed by atoms with Crippen LogP contribution in [0.15, 0.2) is 48.9 Å². The summed E-state index contributed by atoms with van der Waals surface area (Å²) in [5.74, 6) is 0.101. The maximum atomic E-state index is 12.7. The highest BCUT2D eigenvalue weighted by Gasteiger charge is 2.30. The van der Waals surface area contributed by atoms with Crippen LogP contribution < -0.4 is 21.3 Å². The molecule has 0 atom stereocenters. The van der Waals surface area contributed by atoms with Gasteiger partial charge in [-0.05, 0) is 63.1 Å². The number of nitrogens with one attached hydrogen (secondary N) is 3. The van der Waals surface area contributed by atoms with E-state index >= 15 is 0 Å². The maximum absolute atomic E-state index is 12.7. The van der Waals surface area contributed by atoms with Gasteiger partial charge < -0.3 is 36.3 Å². The van der Waals surface area contributed by atoms with Gasteiger partial charge in [0, 0.05) is 86.1 Å². The molecule has 0 spiro atoms. The van der Waals surface area contributed by atoms with Crippen LogP contribution in [-0.2, 0) is 0 Å². The highest BCUT2D eigenvalue weighted by molar-refractivity contribution is 6.00. The molecule has 1 aromatic carbocycles. The van der Waals surface area contributed by atoms with E-state index in [1.165, 1.54) is 18.5 Å². The average Bonchev–Trinajstić information content (AvgIpc) is 3.51. The summed E-state index contributed by atoms with van der Waals surface area (Å²) < 4.78 is 0. The van der Waals surface area contributed by atoms with Crippen molar-refractivity contribution in [2.24, 2.45) is 5.73 Å². The zero-order chi connectivity index (χ0) is 30.2. The lowest BCUT2D eigenvalue weighted by Crippen LogP contribution is -2.52. The van der Waals surface area contributed by atoms with Crippen LogP contribution in [0.5, 0.6) is 0 Å². The van der Waals surface area contributed by atoms with Gasteiger partial charge in [-0.1, -0.05) is 0 Å². The normalized spacial score (nSPS) is 21.7. The first kappa shape index (κ1) is 28.5. The van der Waals surface area contributed by atoms with E-state index in [1.54, 1.807) is 12.4 Å². The molecule has 2 aliphatic heterocycles. The van der Waals surface area contributed by atoms with Gasteiger partial charge >= 0.3 is 0 Å².